The molecule has 20 heavy (non-hydrogen) atoms. The van der Waals surface area contributed by atoms with Gasteiger partial charge in [0, 0.05) is 12.2 Å². The lowest BCUT2D eigenvalue weighted by Crippen LogP contribution is -2.34. The molecule has 102 valence electrons. The summed E-state index contributed by atoms with van der Waals surface area (Å²) < 4.78 is 0. The number of para-hydroxylation sites is 1. The number of hydrogen-bond acceptors (Lipinski definition) is 2. The Morgan fingerprint density at radius 1 is 0.900 bits per heavy atom. The fraction of sp³-hybridized carbons (Fsp3) is 0.125. The number of amides is 2. The number of carbonyl (C=O) groups is 2. The van der Waals surface area contributed by atoms with Crippen LogP contribution in [0.5, 0.6) is 0 Å². The van der Waals surface area contributed by atoms with Crippen LogP contribution in [0, 0.1) is 6.92 Å². The van der Waals surface area contributed by atoms with Gasteiger partial charge in [0.05, 0.1) is 0 Å². The Morgan fingerprint density at radius 3 is 2.20 bits per heavy atom. The minimum absolute atomic E-state index is 0.335. The second-order valence-corrected chi connectivity index (χ2v) is 4.49. The van der Waals surface area contributed by atoms with Crippen LogP contribution in [0.2, 0.25) is 0 Å². The molecule has 0 aliphatic carbocycles. The highest BCUT2D eigenvalue weighted by atomic mass is 16.2. The van der Waals surface area contributed by atoms with Crippen molar-refractivity contribution in [3.05, 3.63) is 65.7 Å². The number of aryl methyl sites for hydroxylation is 1. The Hall–Kier alpha value is -2.62. The molecular formula is C16H16N2O2. The number of carbonyl (C=O) groups excluding carboxylic acids is 2. The first-order valence-corrected chi connectivity index (χ1v) is 6.35. The van der Waals surface area contributed by atoms with E-state index in [0.717, 1.165) is 11.1 Å². The molecule has 0 unspecified atom stereocenters. The maximum absolute atomic E-state index is 11.7. The third-order valence-electron chi connectivity index (χ3n) is 2.81. The van der Waals surface area contributed by atoms with E-state index in [2.05, 4.69) is 10.6 Å². The molecule has 0 spiro atoms. The number of anilines is 1. The highest BCUT2D eigenvalue weighted by Crippen LogP contribution is 2.05. The van der Waals surface area contributed by atoms with Gasteiger partial charge >= 0.3 is 11.8 Å². The van der Waals surface area contributed by atoms with Gasteiger partial charge in [0.2, 0.25) is 0 Å². The predicted octanol–water partition coefficient (Wildman–Crippen LogP) is 2.25. The van der Waals surface area contributed by atoms with Crippen LogP contribution >= 0.6 is 0 Å². The van der Waals surface area contributed by atoms with Crippen molar-refractivity contribution in [2.45, 2.75) is 13.5 Å². The SMILES string of the molecule is Cc1ccc(CNC(=O)C(=O)Nc2ccccc2)cc1. The zero-order chi connectivity index (χ0) is 14.4. The Balaban J connectivity index is 1.85. The maximum Gasteiger partial charge on any atom is 0.313 e. The van der Waals surface area contributed by atoms with Crippen molar-refractivity contribution in [1.82, 2.24) is 5.32 Å². The highest BCUT2D eigenvalue weighted by molar-refractivity contribution is 6.39. The number of hydrogen-bond donors (Lipinski definition) is 2. The van der Waals surface area contributed by atoms with E-state index >= 15 is 0 Å². The van der Waals surface area contributed by atoms with Crippen molar-refractivity contribution >= 4 is 17.5 Å². The Morgan fingerprint density at radius 2 is 1.55 bits per heavy atom. The summed E-state index contributed by atoms with van der Waals surface area (Å²) in [7, 11) is 0. The first-order chi connectivity index (χ1) is 9.65. The Labute approximate surface area is 117 Å². The molecule has 4 nitrogen and oxygen atoms in total. The van der Waals surface area contributed by atoms with E-state index in [1.165, 1.54) is 0 Å². The maximum atomic E-state index is 11.7. The molecule has 0 saturated heterocycles. The standard InChI is InChI=1S/C16H16N2O2/c1-12-7-9-13(10-8-12)11-17-15(19)16(20)18-14-5-3-2-4-6-14/h2-10H,11H2,1H3,(H,17,19)(H,18,20). The molecule has 2 rings (SSSR count). The van der Waals surface area contributed by atoms with Crippen molar-refractivity contribution < 1.29 is 9.59 Å². The molecule has 0 heterocycles. The molecule has 0 aliphatic heterocycles. The van der Waals surface area contributed by atoms with Crippen LogP contribution in [-0.4, -0.2) is 11.8 Å². The van der Waals surface area contributed by atoms with Crippen LogP contribution < -0.4 is 10.6 Å². The lowest BCUT2D eigenvalue weighted by molar-refractivity contribution is -0.136. The summed E-state index contributed by atoms with van der Waals surface area (Å²) in [5.74, 6) is -1.31. The van der Waals surface area contributed by atoms with Gasteiger partial charge < -0.3 is 10.6 Å². The number of rotatable bonds is 3. The van der Waals surface area contributed by atoms with Crippen molar-refractivity contribution in [2.75, 3.05) is 5.32 Å². The average Bonchev–Trinajstić information content (AvgIpc) is 2.47. The van der Waals surface area contributed by atoms with Crippen LogP contribution in [-0.2, 0) is 16.1 Å². The van der Waals surface area contributed by atoms with E-state index in [1.807, 2.05) is 37.3 Å². The van der Waals surface area contributed by atoms with Gasteiger partial charge in [-0.2, -0.15) is 0 Å². The molecule has 0 saturated carbocycles. The van der Waals surface area contributed by atoms with E-state index in [4.69, 9.17) is 0 Å². The van der Waals surface area contributed by atoms with Gasteiger partial charge in [-0.15, -0.1) is 0 Å². The van der Waals surface area contributed by atoms with E-state index in [0.29, 0.717) is 12.2 Å². The Bertz CT molecular complexity index is 592. The molecule has 2 amide bonds. The van der Waals surface area contributed by atoms with E-state index in [-0.39, 0.29) is 0 Å². The zero-order valence-electron chi connectivity index (χ0n) is 11.2. The summed E-state index contributed by atoms with van der Waals surface area (Å²) in [5.41, 5.74) is 2.71. The molecule has 4 heteroatoms. The summed E-state index contributed by atoms with van der Waals surface area (Å²) in [6.45, 7) is 2.33. The van der Waals surface area contributed by atoms with Gasteiger partial charge in [0.1, 0.15) is 0 Å². The fourth-order valence-corrected chi connectivity index (χ4v) is 1.68. The molecule has 2 N–H and O–H groups in total. The first-order valence-electron chi connectivity index (χ1n) is 6.35. The topological polar surface area (TPSA) is 58.2 Å². The fourth-order valence-electron chi connectivity index (χ4n) is 1.68. The van der Waals surface area contributed by atoms with Gasteiger partial charge in [-0.1, -0.05) is 48.0 Å². The van der Waals surface area contributed by atoms with Crippen molar-refractivity contribution in [3.63, 3.8) is 0 Å². The van der Waals surface area contributed by atoms with Crippen molar-refractivity contribution in [1.29, 1.82) is 0 Å². The molecule has 0 bridgehead atoms. The zero-order valence-corrected chi connectivity index (χ0v) is 11.2. The molecule has 0 aromatic heterocycles. The van der Waals surface area contributed by atoms with E-state index in [9.17, 15) is 9.59 Å². The van der Waals surface area contributed by atoms with Crippen LogP contribution in [0.15, 0.2) is 54.6 Å². The van der Waals surface area contributed by atoms with E-state index < -0.39 is 11.8 Å². The van der Waals surface area contributed by atoms with E-state index in [1.54, 1.807) is 24.3 Å². The second kappa shape index (κ2) is 6.52. The summed E-state index contributed by atoms with van der Waals surface area (Å²) in [6, 6.07) is 16.6. The second-order valence-electron chi connectivity index (χ2n) is 4.49. The van der Waals surface area contributed by atoms with Crippen molar-refractivity contribution in [2.24, 2.45) is 0 Å². The van der Waals surface area contributed by atoms with Gasteiger partial charge in [-0.05, 0) is 24.6 Å². The number of nitrogens with one attached hydrogen (secondary N) is 2. The van der Waals surface area contributed by atoms with Crippen molar-refractivity contribution in [3.8, 4) is 0 Å². The lowest BCUT2D eigenvalue weighted by atomic mass is 10.1. The molecule has 0 fully saturated rings. The van der Waals surface area contributed by atoms with Crippen LogP contribution in [0.1, 0.15) is 11.1 Å². The summed E-state index contributed by atoms with van der Waals surface area (Å²) >= 11 is 0. The highest BCUT2D eigenvalue weighted by Gasteiger charge is 2.12. The average molecular weight is 268 g/mol. The molecular weight excluding hydrogens is 252 g/mol. The summed E-state index contributed by atoms with van der Waals surface area (Å²) in [5, 5.41) is 5.12. The molecule has 0 aliphatic rings. The minimum atomic E-state index is -0.664. The monoisotopic (exact) mass is 268 g/mol. The predicted molar refractivity (Wildman–Crippen MR) is 78.1 cm³/mol. The quantitative estimate of drug-likeness (QED) is 0.839. The third-order valence-corrected chi connectivity index (χ3v) is 2.81. The largest absolute Gasteiger partial charge is 0.344 e. The smallest absolute Gasteiger partial charge is 0.313 e. The number of benzene rings is 2. The molecule has 0 radical (unpaired) electrons. The molecule has 2 aromatic carbocycles. The first kappa shape index (κ1) is 13.8. The van der Waals surface area contributed by atoms with Gasteiger partial charge in [-0.25, -0.2) is 0 Å². The molecule has 0 atom stereocenters. The summed E-state index contributed by atoms with van der Waals surface area (Å²) in [6.07, 6.45) is 0. The third kappa shape index (κ3) is 3.95. The van der Waals surface area contributed by atoms with Crippen LogP contribution in [0.4, 0.5) is 5.69 Å². The lowest BCUT2D eigenvalue weighted by Gasteiger charge is -2.06. The van der Waals surface area contributed by atoms with Gasteiger partial charge in [-0.3, -0.25) is 9.59 Å². The molecule has 2 aromatic rings. The summed E-state index contributed by atoms with van der Waals surface area (Å²) in [4.78, 5) is 23.3. The normalized spacial score (nSPS) is 9.85. The van der Waals surface area contributed by atoms with Crippen LogP contribution in [0.25, 0.3) is 0 Å². The van der Waals surface area contributed by atoms with Gasteiger partial charge in [0.25, 0.3) is 0 Å². The van der Waals surface area contributed by atoms with Gasteiger partial charge in [0.15, 0.2) is 0 Å². The van der Waals surface area contributed by atoms with Crippen LogP contribution in [0.3, 0.4) is 0 Å². The minimum Gasteiger partial charge on any atom is -0.344 e. The Kier molecular flexibility index (Phi) is 4.50.